The molecule has 2 amide bonds. The number of hydrogen-bond donors (Lipinski definition) is 1. The Hall–Kier alpha value is -3.21. The van der Waals surface area contributed by atoms with E-state index in [-0.39, 0.29) is 12.2 Å². The van der Waals surface area contributed by atoms with Crippen molar-refractivity contribution >= 4 is 35.3 Å². The van der Waals surface area contributed by atoms with E-state index >= 15 is 0 Å². The lowest BCUT2D eigenvalue weighted by molar-refractivity contribution is -0.147. The minimum Gasteiger partial charge on any atom is -0.459 e. The van der Waals surface area contributed by atoms with Crippen LogP contribution < -0.4 is 5.32 Å². The number of rotatable bonds is 6. The topological polar surface area (TPSA) is 129 Å². The number of thioether (sulfide) groups is 1. The predicted octanol–water partition coefficient (Wildman–Crippen LogP) is 1.10. The smallest absolute Gasteiger partial charge is 0.310 e. The third kappa shape index (κ3) is 4.19. The second-order valence-corrected chi connectivity index (χ2v) is 6.54. The van der Waals surface area contributed by atoms with Gasteiger partial charge in [-0.2, -0.15) is 4.98 Å². The third-order valence-corrected chi connectivity index (χ3v) is 4.43. The first kappa shape index (κ1) is 19.5. The van der Waals surface area contributed by atoms with Gasteiger partial charge in [-0.05, 0) is 32.2 Å². The Morgan fingerprint density at radius 3 is 2.75 bits per heavy atom. The fraction of sp³-hybridized carbons (Fsp3) is 0.294. The van der Waals surface area contributed by atoms with Crippen LogP contribution in [0, 0.1) is 13.8 Å². The molecule has 3 rings (SSSR count). The maximum Gasteiger partial charge on any atom is 0.310 e. The first-order chi connectivity index (χ1) is 13.4. The molecule has 3 aromatic rings. The molecule has 3 aromatic heterocycles. The van der Waals surface area contributed by atoms with E-state index in [1.807, 2.05) is 6.26 Å². The van der Waals surface area contributed by atoms with Gasteiger partial charge in [0.25, 0.3) is 17.6 Å². The highest BCUT2D eigenvalue weighted by Gasteiger charge is 2.18. The van der Waals surface area contributed by atoms with Crippen molar-refractivity contribution in [3.8, 4) is 0 Å². The number of aromatic nitrogens is 4. The van der Waals surface area contributed by atoms with Crippen LogP contribution in [0.2, 0.25) is 0 Å². The van der Waals surface area contributed by atoms with Gasteiger partial charge in [-0.25, -0.2) is 9.50 Å². The van der Waals surface area contributed by atoms with E-state index < -0.39 is 24.4 Å². The molecule has 0 radical (unpaired) electrons. The number of aryl methyl sites for hydroxylation is 2. The maximum absolute atomic E-state index is 12.2. The van der Waals surface area contributed by atoms with Crippen molar-refractivity contribution in [2.75, 3.05) is 12.9 Å². The van der Waals surface area contributed by atoms with Gasteiger partial charge in [0.2, 0.25) is 5.16 Å². The Balaban J connectivity index is 1.61. The van der Waals surface area contributed by atoms with Gasteiger partial charge in [-0.15, -0.1) is 5.10 Å². The number of carbonyl (C=O) groups is 3. The van der Waals surface area contributed by atoms with Crippen LogP contribution in [0.4, 0.5) is 0 Å². The standard InChI is InChI=1S/C17H17N5O5S/c1-9-11(10(2)22-16(18-9)20-17(21-22)28-3)7-14(24)27-8-13(23)19-15(25)12-5-4-6-26-12/h4-6H,7-8H2,1-3H3,(H,19,23,25). The van der Waals surface area contributed by atoms with E-state index in [9.17, 15) is 14.4 Å². The molecular weight excluding hydrogens is 386 g/mol. The summed E-state index contributed by atoms with van der Waals surface area (Å²) in [5, 5.41) is 6.96. The quantitative estimate of drug-likeness (QED) is 0.475. The highest BCUT2D eigenvalue weighted by atomic mass is 32.2. The Bertz CT molecular complexity index is 1040. The number of nitrogens with zero attached hydrogens (tertiary/aromatic N) is 4. The van der Waals surface area contributed by atoms with Crippen LogP contribution in [-0.2, 0) is 20.7 Å². The molecule has 28 heavy (non-hydrogen) atoms. The Morgan fingerprint density at radius 2 is 2.07 bits per heavy atom. The highest BCUT2D eigenvalue weighted by Crippen LogP contribution is 2.17. The molecule has 0 atom stereocenters. The van der Waals surface area contributed by atoms with E-state index in [0.29, 0.717) is 27.9 Å². The zero-order chi connectivity index (χ0) is 20.3. The lowest BCUT2D eigenvalue weighted by Crippen LogP contribution is -2.34. The molecule has 0 saturated carbocycles. The van der Waals surface area contributed by atoms with Crippen molar-refractivity contribution in [1.82, 2.24) is 24.9 Å². The number of furan rings is 1. The maximum atomic E-state index is 12.2. The fourth-order valence-electron chi connectivity index (χ4n) is 2.51. The normalized spacial score (nSPS) is 10.8. The van der Waals surface area contributed by atoms with Gasteiger partial charge >= 0.3 is 5.97 Å². The van der Waals surface area contributed by atoms with Crippen molar-refractivity contribution in [2.24, 2.45) is 0 Å². The zero-order valence-corrected chi connectivity index (χ0v) is 16.2. The molecule has 11 heteroatoms. The summed E-state index contributed by atoms with van der Waals surface area (Å²) in [7, 11) is 0. The molecule has 0 fully saturated rings. The largest absolute Gasteiger partial charge is 0.459 e. The summed E-state index contributed by atoms with van der Waals surface area (Å²) >= 11 is 1.39. The van der Waals surface area contributed by atoms with E-state index in [1.54, 1.807) is 18.4 Å². The summed E-state index contributed by atoms with van der Waals surface area (Å²) in [5.41, 5.74) is 1.98. The summed E-state index contributed by atoms with van der Waals surface area (Å²) in [6.45, 7) is 2.98. The summed E-state index contributed by atoms with van der Waals surface area (Å²) in [5.74, 6) is -1.64. The molecule has 3 heterocycles. The van der Waals surface area contributed by atoms with Crippen molar-refractivity contribution < 1.29 is 23.5 Å². The second kappa shape index (κ2) is 8.21. The minimum absolute atomic E-state index is 0.0113. The van der Waals surface area contributed by atoms with E-state index in [0.717, 1.165) is 0 Å². The lowest BCUT2D eigenvalue weighted by atomic mass is 10.1. The highest BCUT2D eigenvalue weighted by molar-refractivity contribution is 7.98. The van der Waals surface area contributed by atoms with E-state index in [2.05, 4.69) is 20.4 Å². The molecule has 0 bridgehead atoms. The Kier molecular flexibility index (Phi) is 5.73. The van der Waals surface area contributed by atoms with Gasteiger partial charge < -0.3 is 9.15 Å². The number of imide groups is 1. The van der Waals surface area contributed by atoms with Crippen LogP contribution in [0.15, 0.2) is 28.0 Å². The third-order valence-electron chi connectivity index (χ3n) is 3.90. The summed E-state index contributed by atoms with van der Waals surface area (Å²) < 4.78 is 11.4. The van der Waals surface area contributed by atoms with Crippen LogP contribution in [0.5, 0.6) is 0 Å². The average molecular weight is 403 g/mol. The number of fused-ring (bicyclic) bond motifs is 1. The Morgan fingerprint density at radius 1 is 1.29 bits per heavy atom. The van der Waals surface area contributed by atoms with Crippen LogP contribution in [-0.4, -0.2) is 50.2 Å². The molecular formula is C17H17N5O5S. The SMILES string of the molecule is CSc1nc2nc(C)c(CC(=O)OCC(=O)NC(=O)c3ccco3)c(C)n2n1. The van der Waals surface area contributed by atoms with Crippen LogP contribution in [0.3, 0.4) is 0 Å². The zero-order valence-electron chi connectivity index (χ0n) is 15.4. The summed E-state index contributed by atoms with van der Waals surface area (Å²) in [6, 6.07) is 2.93. The molecule has 0 aromatic carbocycles. The molecule has 0 aliphatic rings. The number of hydrogen-bond acceptors (Lipinski definition) is 9. The lowest BCUT2D eigenvalue weighted by Gasteiger charge is -2.10. The second-order valence-electron chi connectivity index (χ2n) is 5.76. The molecule has 10 nitrogen and oxygen atoms in total. The van der Waals surface area contributed by atoms with Gasteiger partial charge in [-0.3, -0.25) is 19.7 Å². The van der Waals surface area contributed by atoms with Crippen LogP contribution in [0.1, 0.15) is 27.5 Å². The molecule has 146 valence electrons. The molecule has 0 aliphatic carbocycles. The molecule has 0 aliphatic heterocycles. The Labute approximate surface area is 163 Å². The van der Waals surface area contributed by atoms with Gasteiger partial charge in [-0.1, -0.05) is 11.8 Å². The predicted molar refractivity (Wildman–Crippen MR) is 97.9 cm³/mol. The monoisotopic (exact) mass is 403 g/mol. The minimum atomic E-state index is -0.752. The van der Waals surface area contributed by atoms with Crippen LogP contribution >= 0.6 is 11.8 Å². The summed E-state index contributed by atoms with van der Waals surface area (Å²) in [6.07, 6.45) is 3.08. The molecule has 0 spiro atoms. The summed E-state index contributed by atoms with van der Waals surface area (Å²) in [4.78, 5) is 44.2. The van der Waals surface area contributed by atoms with Gasteiger partial charge in [0.15, 0.2) is 12.4 Å². The molecule has 0 unspecified atom stereocenters. The van der Waals surface area contributed by atoms with Crippen molar-refractivity contribution in [3.05, 3.63) is 41.1 Å². The number of carbonyl (C=O) groups excluding carboxylic acids is 3. The van der Waals surface area contributed by atoms with Gasteiger partial charge in [0.05, 0.1) is 12.7 Å². The van der Waals surface area contributed by atoms with Gasteiger partial charge in [0.1, 0.15) is 0 Å². The van der Waals surface area contributed by atoms with E-state index in [4.69, 9.17) is 9.15 Å². The first-order valence-corrected chi connectivity index (χ1v) is 9.41. The first-order valence-electron chi connectivity index (χ1n) is 8.19. The number of nitrogens with one attached hydrogen (secondary N) is 1. The molecule has 1 N–H and O–H groups in total. The molecule has 0 saturated heterocycles. The van der Waals surface area contributed by atoms with E-state index in [1.165, 1.54) is 30.2 Å². The fourth-order valence-corrected chi connectivity index (χ4v) is 2.84. The number of ether oxygens (including phenoxy) is 1. The number of amides is 2. The van der Waals surface area contributed by atoms with Crippen LogP contribution in [0.25, 0.3) is 5.78 Å². The number of esters is 1. The van der Waals surface area contributed by atoms with Crippen molar-refractivity contribution in [3.63, 3.8) is 0 Å². The van der Waals surface area contributed by atoms with Crippen molar-refractivity contribution in [1.29, 1.82) is 0 Å². The van der Waals surface area contributed by atoms with Crippen molar-refractivity contribution in [2.45, 2.75) is 25.4 Å². The van der Waals surface area contributed by atoms with Gasteiger partial charge in [0, 0.05) is 17.0 Å². The average Bonchev–Trinajstić information content (AvgIpc) is 3.33.